The summed E-state index contributed by atoms with van der Waals surface area (Å²) in [5.41, 5.74) is 17.0. The van der Waals surface area contributed by atoms with Crippen LogP contribution in [0.4, 0.5) is 23.0 Å². The number of nitrogens with one attached hydrogen (secondary N) is 1. The number of hydrogen-bond donors (Lipinski definition) is 3. The van der Waals surface area contributed by atoms with E-state index < -0.39 is 0 Å². The Morgan fingerprint density at radius 1 is 1.08 bits per heavy atom. The molecule has 0 aliphatic heterocycles. The van der Waals surface area contributed by atoms with Gasteiger partial charge in [-0.05, 0) is 36.8 Å². The first-order chi connectivity index (χ1) is 12.6. The number of nitrogens with two attached hydrogens (primary N) is 2. The summed E-state index contributed by atoms with van der Waals surface area (Å²) in [5.74, 6) is 1.26. The lowest BCUT2D eigenvalue weighted by Crippen LogP contribution is -2.04. The largest absolute Gasteiger partial charge is 0.397 e. The van der Waals surface area contributed by atoms with Crippen molar-refractivity contribution in [2.24, 2.45) is 0 Å². The Labute approximate surface area is 155 Å². The highest BCUT2D eigenvalue weighted by Crippen LogP contribution is 2.37. The van der Waals surface area contributed by atoms with Crippen LogP contribution in [0.1, 0.15) is 5.56 Å². The number of halogens is 1. The Bertz CT molecular complexity index is 1100. The van der Waals surface area contributed by atoms with Gasteiger partial charge in [-0.1, -0.05) is 29.8 Å². The molecule has 6 nitrogen and oxygen atoms in total. The van der Waals surface area contributed by atoms with Crippen molar-refractivity contribution >= 4 is 40.3 Å². The summed E-state index contributed by atoms with van der Waals surface area (Å²) in [7, 11) is 0. The molecule has 3 aromatic heterocycles. The van der Waals surface area contributed by atoms with E-state index in [1.54, 1.807) is 12.4 Å². The van der Waals surface area contributed by atoms with Crippen molar-refractivity contribution in [1.29, 1.82) is 0 Å². The molecule has 1 aromatic carbocycles. The van der Waals surface area contributed by atoms with E-state index in [1.807, 2.05) is 53.8 Å². The molecule has 0 aliphatic rings. The molecule has 7 heteroatoms. The maximum absolute atomic E-state index is 6.37. The highest BCUT2D eigenvalue weighted by Gasteiger charge is 2.19. The number of fused-ring (bicyclic) bond motifs is 1. The number of benzene rings is 1. The normalized spacial score (nSPS) is 11.0. The van der Waals surface area contributed by atoms with Gasteiger partial charge in [-0.3, -0.25) is 9.38 Å². The molecule has 0 bridgehead atoms. The molecule has 0 radical (unpaired) electrons. The Morgan fingerprint density at radius 3 is 2.65 bits per heavy atom. The summed E-state index contributed by atoms with van der Waals surface area (Å²) >= 11 is 6.37. The van der Waals surface area contributed by atoms with Crippen molar-refractivity contribution in [2.45, 2.75) is 6.92 Å². The van der Waals surface area contributed by atoms with Crippen molar-refractivity contribution in [3.63, 3.8) is 0 Å². The van der Waals surface area contributed by atoms with E-state index in [0.717, 1.165) is 16.8 Å². The highest BCUT2D eigenvalue weighted by atomic mass is 35.5. The van der Waals surface area contributed by atoms with E-state index in [0.29, 0.717) is 33.7 Å². The van der Waals surface area contributed by atoms with Gasteiger partial charge in [0.15, 0.2) is 0 Å². The van der Waals surface area contributed by atoms with Crippen LogP contribution in [0.5, 0.6) is 0 Å². The van der Waals surface area contributed by atoms with Crippen LogP contribution in [0.15, 0.2) is 54.9 Å². The van der Waals surface area contributed by atoms with E-state index in [1.165, 1.54) is 0 Å². The maximum atomic E-state index is 6.37. The highest BCUT2D eigenvalue weighted by molar-refractivity contribution is 6.33. The van der Waals surface area contributed by atoms with Gasteiger partial charge in [-0.2, -0.15) is 0 Å². The van der Waals surface area contributed by atoms with Crippen LogP contribution >= 0.6 is 11.6 Å². The molecule has 0 fully saturated rings. The number of anilines is 4. The average Bonchev–Trinajstić information content (AvgIpc) is 2.98. The van der Waals surface area contributed by atoms with Crippen LogP contribution in [-0.4, -0.2) is 14.4 Å². The summed E-state index contributed by atoms with van der Waals surface area (Å²) in [6.45, 7) is 1.99. The minimum absolute atomic E-state index is 0.510. The van der Waals surface area contributed by atoms with Crippen LogP contribution in [0.2, 0.25) is 5.02 Å². The van der Waals surface area contributed by atoms with Crippen LogP contribution < -0.4 is 16.8 Å². The van der Waals surface area contributed by atoms with Gasteiger partial charge < -0.3 is 16.8 Å². The van der Waals surface area contributed by atoms with Crippen molar-refractivity contribution in [1.82, 2.24) is 14.4 Å². The molecule has 0 atom stereocenters. The van der Waals surface area contributed by atoms with Gasteiger partial charge in [0.1, 0.15) is 23.0 Å². The second-order valence-corrected chi connectivity index (χ2v) is 6.38. The number of rotatable bonds is 3. The Morgan fingerprint density at radius 2 is 1.88 bits per heavy atom. The topological polar surface area (TPSA) is 94.3 Å². The van der Waals surface area contributed by atoms with Crippen LogP contribution in [0.25, 0.3) is 16.9 Å². The maximum Gasteiger partial charge on any atom is 0.145 e. The molecule has 0 saturated heterocycles. The monoisotopic (exact) mass is 364 g/mol. The van der Waals surface area contributed by atoms with E-state index in [2.05, 4.69) is 10.3 Å². The SMILES string of the molecule is Cc1cccc(N)c1Nc1c(-c2ccncc2Cl)nc2cccc(N)n12. The summed E-state index contributed by atoms with van der Waals surface area (Å²) in [6, 6.07) is 13.2. The molecule has 0 spiro atoms. The van der Waals surface area contributed by atoms with Gasteiger partial charge in [-0.15, -0.1) is 0 Å². The first kappa shape index (κ1) is 16.2. The molecule has 0 saturated carbocycles. The zero-order valence-corrected chi connectivity index (χ0v) is 14.8. The molecule has 0 amide bonds. The van der Waals surface area contributed by atoms with Gasteiger partial charge in [0.25, 0.3) is 0 Å². The van der Waals surface area contributed by atoms with Gasteiger partial charge in [0.05, 0.1) is 16.4 Å². The van der Waals surface area contributed by atoms with Gasteiger partial charge in [0.2, 0.25) is 0 Å². The second kappa shape index (κ2) is 6.24. The number of pyridine rings is 2. The van der Waals surface area contributed by atoms with Crippen LogP contribution in [0.3, 0.4) is 0 Å². The zero-order valence-electron chi connectivity index (χ0n) is 14.1. The standard InChI is InChI=1S/C19H17ClN6/c1-11-4-2-5-14(21)17(11)25-19-18(12-8-9-23-10-13(12)20)24-16-7-3-6-15(22)26(16)19/h2-10,25H,21-22H2,1H3. The smallest absolute Gasteiger partial charge is 0.145 e. The third kappa shape index (κ3) is 2.60. The summed E-state index contributed by atoms with van der Waals surface area (Å²) in [4.78, 5) is 8.78. The molecule has 4 aromatic rings. The minimum Gasteiger partial charge on any atom is -0.397 e. The summed E-state index contributed by atoms with van der Waals surface area (Å²) in [5, 5.41) is 3.92. The van der Waals surface area contributed by atoms with Crippen molar-refractivity contribution < 1.29 is 0 Å². The van der Waals surface area contributed by atoms with Gasteiger partial charge in [0, 0.05) is 18.0 Å². The molecule has 0 unspecified atom stereocenters. The molecular formula is C19H17ClN6. The molecule has 130 valence electrons. The fraction of sp³-hybridized carbons (Fsp3) is 0.0526. The first-order valence-electron chi connectivity index (χ1n) is 8.05. The number of nitrogen functional groups attached to an aromatic ring is 2. The lowest BCUT2D eigenvalue weighted by molar-refractivity contribution is 1.19. The zero-order chi connectivity index (χ0) is 18.3. The van der Waals surface area contributed by atoms with E-state index in [-0.39, 0.29) is 0 Å². The average molecular weight is 365 g/mol. The minimum atomic E-state index is 0.510. The molecular weight excluding hydrogens is 348 g/mol. The van der Waals surface area contributed by atoms with E-state index >= 15 is 0 Å². The molecule has 3 heterocycles. The number of imidazole rings is 1. The molecule has 26 heavy (non-hydrogen) atoms. The quantitative estimate of drug-likeness (QED) is 0.472. The lowest BCUT2D eigenvalue weighted by atomic mass is 10.1. The molecule has 5 N–H and O–H groups in total. The number of nitrogens with zero attached hydrogens (tertiary/aromatic N) is 3. The predicted octanol–water partition coefficient (Wildman–Crippen LogP) is 4.27. The summed E-state index contributed by atoms with van der Waals surface area (Å²) in [6.07, 6.45) is 3.27. The number of para-hydroxylation sites is 1. The van der Waals surface area contributed by atoms with Crippen molar-refractivity contribution in [2.75, 3.05) is 16.8 Å². The van der Waals surface area contributed by atoms with Gasteiger partial charge >= 0.3 is 0 Å². The second-order valence-electron chi connectivity index (χ2n) is 5.97. The number of aryl methyl sites for hydroxylation is 1. The van der Waals surface area contributed by atoms with Gasteiger partial charge in [-0.25, -0.2) is 4.98 Å². The number of hydrogen-bond acceptors (Lipinski definition) is 5. The lowest BCUT2D eigenvalue weighted by Gasteiger charge is -2.14. The fourth-order valence-electron chi connectivity index (χ4n) is 2.97. The molecule has 0 aliphatic carbocycles. The van der Waals surface area contributed by atoms with Crippen molar-refractivity contribution in [3.05, 3.63) is 65.4 Å². The fourth-order valence-corrected chi connectivity index (χ4v) is 3.18. The van der Waals surface area contributed by atoms with E-state index in [4.69, 9.17) is 28.1 Å². The van der Waals surface area contributed by atoms with Crippen LogP contribution in [0, 0.1) is 6.92 Å². The van der Waals surface area contributed by atoms with Crippen molar-refractivity contribution in [3.8, 4) is 11.3 Å². The summed E-state index contributed by atoms with van der Waals surface area (Å²) < 4.78 is 1.85. The first-order valence-corrected chi connectivity index (χ1v) is 8.43. The third-order valence-electron chi connectivity index (χ3n) is 4.25. The number of aromatic nitrogens is 3. The molecule has 4 rings (SSSR count). The predicted molar refractivity (Wildman–Crippen MR) is 107 cm³/mol. The van der Waals surface area contributed by atoms with E-state index in [9.17, 15) is 0 Å². The third-order valence-corrected chi connectivity index (χ3v) is 4.55. The Balaban J connectivity index is 2.00. The van der Waals surface area contributed by atoms with Crippen LogP contribution in [-0.2, 0) is 0 Å². The Kier molecular flexibility index (Phi) is 3.89. The Hall–Kier alpha value is -3.25.